The molecule has 0 aliphatic heterocycles. The molecule has 1 atom stereocenters. The fourth-order valence-electron chi connectivity index (χ4n) is 2.34. The van der Waals surface area contributed by atoms with Crippen molar-refractivity contribution in [1.82, 2.24) is 0 Å². The van der Waals surface area contributed by atoms with Gasteiger partial charge in [-0.1, -0.05) is 54.6 Å². The minimum absolute atomic E-state index is 0.572. The average Bonchev–Trinajstić information content (AvgIpc) is 2.57. The number of benzene rings is 3. The summed E-state index contributed by atoms with van der Waals surface area (Å²) in [6.07, 6.45) is 0. The Kier molecular flexibility index (Phi) is 4.50. The lowest BCUT2D eigenvalue weighted by Crippen LogP contribution is -2.18. The lowest BCUT2D eigenvalue weighted by Gasteiger charge is -2.23. The van der Waals surface area contributed by atoms with Crippen LogP contribution in [-0.4, -0.2) is 0 Å². The van der Waals surface area contributed by atoms with E-state index in [0.29, 0.717) is 11.1 Å². The molecule has 3 nitrogen and oxygen atoms in total. The summed E-state index contributed by atoms with van der Waals surface area (Å²) in [6.45, 7) is 1.93. The Balaban J connectivity index is 2.02. The van der Waals surface area contributed by atoms with Gasteiger partial charge in [0.2, 0.25) is 0 Å². The van der Waals surface area contributed by atoms with Crippen LogP contribution in [0.2, 0.25) is 0 Å². The minimum atomic E-state index is -3.30. The molecule has 116 valence electrons. The zero-order valence-electron chi connectivity index (χ0n) is 12.8. The maximum Gasteiger partial charge on any atom is 0.371 e. The second-order valence-electron chi connectivity index (χ2n) is 5.22. The van der Waals surface area contributed by atoms with Crippen LogP contribution in [0.25, 0.3) is 0 Å². The molecule has 0 aromatic heterocycles. The zero-order chi connectivity index (χ0) is 16.1. The Bertz CT molecular complexity index is 774. The monoisotopic (exact) mass is 323 g/mol. The van der Waals surface area contributed by atoms with Crippen molar-refractivity contribution in [3.05, 3.63) is 90.5 Å². The highest BCUT2D eigenvalue weighted by atomic mass is 31.2. The van der Waals surface area contributed by atoms with E-state index in [-0.39, 0.29) is 0 Å². The molecule has 0 amide bonds. The summed E-state index contributed by atoms with van der Waals surface area (Å²) in [7, 11) is -3.30. The van der Waals surface area contributed by atoms with E-state index in [1.807, 2.05) is 79.7 Å². The van der Waals surface area contributed by atoms with E-state index in [1.54, 1.807) is 12.1 Å². The third-order valence-electron chi connectivity index (χ3n) is 3.46. The van der Waals surface area contributed by atoms with Gasteiger partial charge >= 0.3 is 7.52 Å². The van der Waals surface area contributed by atoms with Crippen LogP contribution in [0, 0.1) is 6.92 Å². The Morgan fingerprint density at radius 1 is 0.783 bits per heavy atom. The molecule has 3 aromatic carbocycles. The molecule has 3 aromatic rings. The summed E-state index contributed by atoms with van der Waals surface area (Å²) in [6, 6.07) is 26.3. The highest BCUT2D eigenvalue weighted by Gasteiger charge is 2.29. The summed E-state index contributed by atoms with van der Waals surface area (Å²) >= 11 is 0. The van der Waals surface area contributed by atoms with Crippen LogP contribution < -0.4 is 14.9 Å². The van der Waals surface area contributed by atoms with Crippen molar-refractivity contribution in [3.63, 3.8) is 0 Å². The summed E-state index contributed by atoms with van der Waals surface area (Å²) in [5.74, 6) is 0.572. The lowest BCUT2D eigenvalue weighted by molar-refractivity contribution is 0.498. The second-order valence-corrected chi connectivity index (χ2v) is 7.21. The van der Waals surface area contributed by atoms with Gasteiger partial charge in [0.1, 0.15) is 5.75 Å². The molecule has 0 heterocycles. The minimum Gasteiger partial charge on any atom is -0.426 e. The number of aryl methyl sites for hydroxylation is 1. The molecule has 23 heavy (non-hydrogen) atoms. The zero-order valence-corrected chi connectivity index (χ0v) is 13.7. The van der Waals surface area contributed by atoms with Crippen molar-refractivity contribution in [2.45, 2.75) is 6.92 Å². The van der Waals surface area contributed by atoms with Crippen LogP contribution in [0.1, 0.15) is 5.56 Å². The molecule has 0 aliphatic carbocycles. The molecule has 0 fully saturated rings. The first kappa shape index (κ1) is 15.4. The van der Waals surface area contributed by atoms with Crippen LogP contribution in [0.3, 0.4) is 0 Å². The summed E-state index contributed by atoms with van der Waals surface area (Å²) in [4.78, 5) is 0. The van der Waals surface area contributed by atoms with Crippen molar-refractivity contribution in [2.75, 3.05) is 5.09 Å². The third kappa shape index (κ3) is 3.64. The Labute approximate surface area is 136 Å². The molecular formula is C19H18NO2P. The smallest absolute Gasteiger partial charge is 0.371 e. The van der Waals surface area contributed by atoms with Crippen molar-refractivity contribution < 1.29 is 9.09 Å². The standard InChI is InChI=1S/C19H18NO2P/c1-16-10-8-9-15-19(16)23(21,20-17-11-4-2-5-12-17)22-18-13-6-3-7-14-18/h2-15H,1H3,(H,20,21). The maximum absolute atomic E-state index is 13.6. The largest absolute Gasteiger partial charge is 0.426 e. The van der Waals surface area contributed by atoms with Gasteiger partial charge in [-0.2, -0.15) is 0 Å². The maximum atomic E-state index is 13.6. The van der Waals surface area contributed by atoms with Gasteiger partial charge in [0.05, 0.1) is 5.30 Å². The van der Waals surface area contributed by atoms with E-state index in [4.69, 9.17) is 4.52 Å². The third-order valence-corrected chi connectivity index (χ3v) is 5.62. The second kappa shape index (κ2) is 6.72. The predicted octanol–water partition coefficient (Wildman–Crippen LogP) is 5.00. The average molecular weight is 323 g/mol. The van der Waals surface area contributed by atoms with Crippen LogP contribution in [0.4, 0.5) is 5.69 Å². The number of anilines is 1. The van der Waals surface area contributed by atoms with Crippen molar-refractivity contribution >= 4 is 18.5 Å². The van der Waals surface area contributed by atoms with Crippen LogP contribution >= 0.6 is 7.52 Å². The van der Waals surface area contributed by atoms with Crippen molar-refractivity contribution in [1.29, 1.82) is 0 Å². The lowest BCUT2D eigenvalue weighted by atomic mass is 10.2. The van der Waals surface area contributed by atoms with Gasteiger partial charge in [0.25, 0.3) is 0 Å². The van der Waals surface area contributed by atoms with Crippen LogP contribution in [-0.2, 0) is 4.57 Å². The van der Waals surface area contributed by atoms with Gasteiger partial charge in [-0.3, -0.25) is 0 Å². The normalized spacial score (nSPS) is 13.1. The Hall–Kier alpha value is -2.51. The number of para-hydroxylation sites is 2. The van der Waals surface area contributed by atoms with Gasteiger partial charge in [-0.15, -0.1) is 0 Å². The Morgan fingerprint density at radius 2 is 1.35 bits per heavy atom. The first-order valence-corrected chi connectivity index (χ1v) is 9.04. The topological polar surface area (TPSA) is 38.3 Å². The van der Waals surface area contributed by atoms with Gasteiger partial charge in [-0.25, -0.2) is 4.57 Å². The first-order valence-electron chi connectivity index (χ1n) is 7.42. The number of nitrogens with one attached hydrogen (secondary N) is 1. The van der Waals surface area contributed by atoms with Crippen LogP contribution in [0.15, 0.2) is 84.9 Å². The first-order chi connectivity index (χ1) is 11.2. The molecule has 0 spiro atoms. The van der Waals surface area contributed by atoms with Gasteiger partial charge < -0.3 is 9.61 Å². The summed E-state index contributed by atoms with van der Waals surface area (Å²) in [5.41, 5.74) is 1.69. The SMILES string of the molecule is Cc1ccccc1P(=O)(Nc1ccccc1)Oc1ccccc1. The number of hydrogen-bond acceptors (Lipinski definition) is 2. The Morgan fingerprint density at radius 3 is 2.00 bits per heavy atom. The molecule has 0 aliphatic rings. The fraction of sp³-hybridized carbons (Fsp3) is 0.0526. The van der Waals surface area contributed by atoms with Crippen LogP contribution in [0.5, 0.6) is 5.75 Å². The molecule has 0 saturated heterocycles. The van der Waals surface area contributed by atoms with E-state index in [0.717, 1.165) is 11.3 Å². The van der Waals surface area contributed by atoms with E-state index >= 15 is 0 Å². The van der Waals surface area contributed by atoms with E-state index < -0.39 is 7.52 Å². The molecule has 1 N–H and O–H groups in total. The molecule has 4 heteroatoms. The van der Waals surface area contributed by atoms with E-state index in [1.165, 1.54) is 0 Å². The molecule has 0 radical (unpaired) electrons. The van der Waals surface area contributed by atoms with Gasteiger partial charge in [-0.05, 0) is 42.8 Å². The van der Waals surface area contributed by atoms with Crippen molar-refractivity contribution in [2.24, 2.45) is 0 Å². The quantitative estimate of drug-likeness (QED) is 0.671. The molecule has 0 bridgehead atoms. The fourth-order valence-corrected chi connectivity index (χ4v) is 4.33. The highest BCUT2D eigenvalue weighted by molar-refractivity contribution is 7.68. The van der Waals surface area contributed by atoms with E-state index in [9.17, 15) is 4.57 Å². The highest BCUT2D eigenvalue weighted by Crippen LogP contribution is 2.46. The molecule has 0 saturated carbocycles. The van der Waals surface area contributed by atoms with Crippen molar-refractivity contribution in [3.8, 4) is 5.75 Å². The van der Waals surface area contributed by atoms with E-state index in [2.05, 4.69) is 5.09 Å². The molecule has 3 rings (SSSR count). The molecule has 1 unspecified atom stereocenters. The number of hydrogen-bond donors (Lipinski definition) is 1. The predicted molar refractivity (Wildman–Crippen MR) is 95.6 cm³/mol. The van der Waals surface area contributed by atoms with Gasteiger partial charge in [0.15, 0.2) is 0 Å². The summed E-state index contributed by atoms with van der Waals surface area (Å²) in [5, 5.41) is 3.77. The number of rotatable bonds is 5. The van der Waals surface area contributed by atoms with Gasteiger partial charge in [0, 0.05) is 5.69 Å². The molecular weight excluding hydrogens is 305 g/mol. The summed E-state index contributed by atoms with van der Waals surface area (Å²) < 4.78 is 19.6.